The third-order valence-electron chi connectivity index (χ3n) is 6.83. The number of carboxylic acids is 1. The molecule has 0 saturated heterocycles. The molecule has 1 aromatic carbocycles. The first kappa shape index (κ1) is 33.4. The molecule has 0 saturated carbocycles. The molecule has 0 fully saturated rings. The summed E-state index contributed by atoms with van der Waals surface area (Å²) in [5.74, 6) is -3.31. The fourth-order valence-corrected chi connectivity index (χ4v) is 3.82. The molecule has 10 N–H and O–H groups in total. The molecule has 0 aliphatic carbocycles. The Kier molecular flexibility index (Phi) is 14.6. The quantitative estimate of drug-likeness (QED) is 0.0812. The molecule has 6 unspecified atom stereocenters. The smallest absolute Gasteiger partial charge is 0.326 e. The van der Waals surface area contributed by atoms with Crippen molar-refractivity contribution < 1.29 is 24.3 Å². The highest BCUT2D eigenvalue weighted by molar-refractivity contribution is 5.94. The van der Waals surface area contributed by atoms with Gasteiger partial charge in [-0.3, -0.25) is 19.4 Å². The van der Waals surface area contributed by atoms with Crippen molar-refractivity contribution in [2.24, 2.45) is 34.0 Å². The number of guanidine groups is 1. The largest absolute Gasteiger partial charge is 0.480 e. The van der Waals surface area contributed by atoms with E-state index in [0.717, 1.165) is 5.56 Å². The Morgan fingerprint density at radius 2 is 1.46 bits per heavy atom. The molecule has 0 bridgehead atoms. The van der Waals surface area contributed by atoms with Gasteiger partial charge in [-0.2, -0.15) is 0 Å². The van der Waals surface area contributed by atoms with Gasteiger partial charge in [0.25, 0.3) is 0 Å². The second-order valence-electron chi connectivity index (χ2n) is 9.88. The number of nitrogens with two attached hydrogens (primary N) is 3. The Balaban J connectivity index is 3.13. The Morgan fingerprint density at radius 3 is 2.00 bits per heavy atom. The average Bonchev–Trinajstić information content (AvgIpc) is 2.91. The van der Waals surface area contributed by atoms with Crippen LogP contribution in [0.3, 0.4) is 0 Å². The molecule has 1 aromatic rings. The summed E-state index contributed by atoms with van der Waals surface area (Å²) < 4.78 is 0. The highest BCUT2D eigenvalue weighted by Gasteiger charge is 2.33. The molecule has 0 heterocycles. The van der Waals surface area contributed by atoms with E-state index in [1.54, 1.807) is 24.3 Å². The number of hydrogen-bond acceptors (Lipinski definition) is 6. The SMILES string of the molecule is CCC(C)C(N)C(=O)NC(C(=O)NC(Cc1ccccc1)C(=O)NC(CCCN=C(N)N)C(=O)O)C(C)CC. The van der Waals surface area contributed by atoms with Crippen LogP contribution in [0.5, 0.6) is 0 Å². The minimum absolute atomic E-state index is 0.0813. The fraction of sp³-hybridized carbons (Fsp3) is 0.593. The summed E-state index contributed by atoms with van der Waals surface area (Å²) in [6.45, 7) is 7.71. The second kappa shape index (κ2) is 17.0. The van der Waals surface area contributed by atoms with E-state index in [1.165, 1.54) is 0 Å². The summed E-state index contributed by atoms with van der Waals surface area (Å²) in [5, 5.41) is 17.7. The van der Waals surface area contributed by atoms with E-state index < -0.39 is 47.9 Å². The normalized spacial score (nSPS) is 15.5. The number of rotatable bonds is 17. The standard InChI is InChI=1S/C27H45N7O5/c1-5-16(3)21(28)24(36)34-22(17(4)6-2)25(37)33-20(15-18-11-8-7-9-12-18)23(35)32-19(26(38)39)13-10-14-31-27(29)30/h7-9,11-12,16-17,19-22H,5-6,10,13-15,28H2,1-4H3,(H,32,35)(H,33,37)(H,34,36)(H,38,39)(H4,29,30,31). The minimum atomic E-state index is -1.22. The lowest BCUT2D eigenvalue weighted by atomic mass is 9.95. The predicted octanol–water partition coefficient (Wildman–Crippen LogP) is 0.241. The molecule has 0 radical (unpaired) electrons. The van der Waals surface area contributed by atoms with Gasteiger partial charge < -0.3 is 38.3 Å². The van der Waals surface area contributed by atoms with Gasteiger partial charge in [0.1, 0.15) is 18.1 Å². The molecule has 39 heavy (non-hydrogen) atoms. The number of carbonyl (C=O) groups is 4. The average molecular weight is 548 g/mol. The molecule has 1 rings (SSSR count). The first-order chi connectivity index (χ1) is 18.4. The van der Waals surface area contributed by atoms with Crippen LogP contribution in [-0.4, -0.2) is 65.5 Å². The lowest BCUT2D eigenvalue weighted by Crippen LogP contribution is -2.59. The number of aliphatic imine (C=N–C) groups is 1. The topological polar surface area (TPSA) is 215 Å². The van der Waals surface area contributed by atoms with E-state index in [-0.39, 0.29) is 37.2 Å². The summed E-state index contributed by atoms with van der Waals surface area (Å²) in [4.78, 5) is 55.2. The molecule has 0 aromatic heterocycles. The number of nitrogens with one attached hydrogen (secondary N) is 3. The molecule has 3 amide bonds. The van der Waals surface area contributed by atoms with Crippen molar-refractivity contribution >= 4 is 29.7 Å². The van der Waals surface area contributed by atoms with Crippen molar-refractivity contribution in [1.29, 1.82) is 0 Å². The summed E-state index contributed by atoms with van der Waals surface area (Å²) in [5.41, 5.74) is 17.4. The lowest BCUT2D eigenvalue weighted by Gasteiger charge is -2.29. The number of carbonyl (C=O) groups excluding carboxylic acids is 3. The Morgan fingerprint density at radius 1 is 0.872 bits per heavy atom. The maximum absolute atomic E-state index is 13.4. The van der Waals surface area contributed by atoms with Gasteiger partial charge >= 0.3 is 5.97 Å². The molecule has 12 nitrogen and oxygen atoms in total. The molecular formula is C27H45N7O5. The highest BCUT2D eigenvalue weighted by atomic mass is 16.4. The van der Waals surface area contributed by atoms with Crippen LogP contribution in [0.4, 0.5) is 0 Å². The third kappa shape index (κ3) is 11.7. The van der Waals surface area contributed by atoms with Gasteiger partial charge in [-0.1, -0.05) is 70.9 Å². The van der Waals surface area contributed by atoms with Crippen molar-refractivity contribution in [3.63, 3.8) is 0 Å². The molecule has 0 aliphatic rings. The second-order valence-corrected chi connectivity index (χ2v) is 9.88. The van der Waals surface area contributed by atoms with Crippen LogP contribution < -0.4 is 33.2 Å². The van der Waals surface area contributed by atoms with Gasteiger partial charge in [0.2, 0.25) is 17.7 Å². The van der Waals surface area contributed by atoms with Crippen LogP contribution in [0, 0.1) is 11.8 Å². The summed E-state index contributed by atoms with van der Waals surface area (Å²) >= 11 is 0. The van der Waals surface area contributed by atoms with Crippen LogP contribution in [0.25, 0.3) is 0 Å². The maximum Gasteiger partial charge on any atom is 0.326 e. The van der Waals surface area contributed by atoms with Gasteiger partial charge in [-0.25, -0.2) is 4.79 Å². The molecule has 12 heteroatoms. The van der Waals surface area contributed by atoms with Crippen LogP contribution in [-0.2, 0) is 25.6 Å². The number of benzene rings is 1. The van der Waals surface area contributed by atoms with E-state index in [4.69, 9.17) is 17.2 Å². The molecule has 6 atom stereocenters. The number of hydrogen-bond donors (Lipinski definition) is 7. The van der Waals surface area contributed by atoms with Crippen molar-refractivity contribution in [2.45, 2.75) is 84.0 Å². The van der Waals surface area contributed by atoms with Gasteiger partial charge in [-0.15, -0.1) is 0 Å². The number of amides is 3. The zero-order valence-electron chi connectivity index (χ0n) is 23.4. The van der Waals surface area contributed by atoms with Crippen molar-refractivity contribution in [3.8, 4) is 0 Å². The summed E-state index contributed by atoms with van der Waals surface area (Å²) in [7, 11) is 0. The number of carboxylic acid groups (broad SMARTS) is 1. The van der Waals surface area contributed by atoms with Crippen LogP contribution >= 0.6 is 0 Å². The Labute approximate surface area is 230 Å². The van der Waals surface area contributed by atoms with Crippen LogP contribution in [0.2, 0.25) is 0 Å². The summed E-state index contributed by atoms with van der Waals surface area (Å²) in [6, 6.07) is 5.01. The molecule has 218 valence electrons. The van der Waals surface area contributed by atoms with Crippen LogP contribution in [0.15, 0.2) is 35.3 Å². The number of nitrogens with zero attached hydrogens (tertiary/aromatic N) is 1. The Bertz CT molecular complexity index is 969. The zero-order chi connectivity index (χ0) is 29.5. The monoisotopic (exact) mass is 547 g/mol. The first-order valence-electron chi connectivity index (χ1n) is 13.4. The lowest BCUT2D eigenvalue weighted by molar-refractivity contribution is -0.142. The zero-order valence-corrected chi connectivity index (χ0v) is 23.4. The number of aliphatic carboxylic acids is 1. The molecule has 0 aliphatic heterocycles. The third-order valence-corrected chi connectivity index (χ3v) is 6.83. The fourth-order valence-electron chi connectivity index (χ4n) is 3.82. The van der Waals surface area contributed by atoms with Crippen molar-refractivity contribution in [1.82, 2.24) is 16.0 Å². The van der Waals surface area contributed by atoms with E-state index in [2.05, 4.69) is 20.9 Å². The van der Waals surface area contributed by atoms with Gasteiger partial charge in [0.05, 0.1) is 6.04 Å². The van der Waals surface area contributed by atoms with Gasteiger partial charge in [-0.05, 0) is 30.2 Å². The van der Waals surface area contributed by atoms with Gasteiger partial charge in [0.15, 0.2) is 5.96 Å². The minimum Gasteiger partial charge on any atom is -0.480 e. The summed E-state index contributed by atoms with van der Waals surface area (Å²) in [6.07, 6.45) is 1.81. The van der Waals surface area contributed by atoms with E-state index in [0.29, 0.717) is 19.3 Å². The van der Waals surface area contributed by atoms with Gasteiger partial charge in [0, 0.05) is 13.0 Å². The van der Waals surface area contributed by atoms with E-state index in [1.807, 2.05) is 33.8 Å². The molecular weight excluding hydrogens is 502 g/mol. The van der Waals surface area contributed by atoms with Crippen molar-refractivity contribution in [3.05, 3.63) is 35.9 Å². The highest BCUT2D eigenvalue weighted by Crippen LogP contribution is 2.12. The maximum atomic E-state index is 13.4. The Hall–Kier alpha value is -3.67. The van der Waals surface area contributed by atoms with E-state index >= 15 is 0 Å². The molecule has 0 spiro atoms. The first-order valence-corrected chi connectivity index (χ1v) is 13.4. The van der Waals surface area contributed by atoms with Crippen molar-refractivity contribution in [2.75, 3.05) is 6.54 Å². The van der Waals surface area contributed by atoms with E-state index in [9.17, 15) is 24.3 Å². The van der Waals surface area contributed by atoms with Crippen LogP contribution in [0.1, 0.15) is 58.9 Å². The predicted molar refractivity (Wildman–Crippen MR) is 150 cm³/mol.